The van der Waals surface area contributed by atoms with Crippen LogP contribution in [0.5, 0.6) is 0 Å². The van der Waals surface area contributed by atoms with Crippen molar-refractivity contribution in [3.63, 3.8) is 0 Å². The van der Waals surface area contributed by atoms with Crippen molar-refractivity contribution in [1.82, 2.24) is 9.97 Å². The van der Waals surface area contributed by atoms with Crippen LogP contribution in [-0.2, 0) is 4.79 Å². The molecule has 0 radical (unpaired) electrons. The highest BCUT2D eigenvalue weighted by Crippen LogP contribution is 2.30. The minimum absolute atomic E-state index is 0.384. The van der Waals surface area contributed by atoms with Crippen molar-refractivity contribution in [2.24, 2.45) is 0 Å². The predicted octanol–water partition coefficient (Wildman–Crippen LogP) is 4.48. The summed E-state index contributed by atoms with van der Waals surface area (Å²) in [5.41, 5.74) is 4.68. The smallest absolute Gasteiger partial charge is 0.248 e. The maximum absolute atomic E-state index is 13.1. The largest absolute Gasteiger partial charge is 0.355 e. The van der Waals surface area contributed by atoms with Crippen molar-refractivity contribution < 1.29 is 4.79 Å². The van der Waals surface area contributed by atoms with Crippen LogP contribution in [0.4, 0.5) is 11.5 Å². The number of amides is 1. The first kappa shape index (κ1) is 19.8. The lowest BCUT2D eigenvalue weighted by molar-refractivity contribution is -0.116. The molecule has 0 saturated carbocycles. The average Bonchev–Trinajstić information content (AvgIpc) is 2.73. The van der Waals surface area contributed by atoms with Crippen molar-refractivity contribution >= 4 is 28.4 Å². The van der Waals surface area contributed by atoms with Crippen LogP contribution in [0.25, 0.3) is 11.0 Å². The van der Waals surface area contributed by atoms with Crippen LogP contribution >= 0.6 is 0 Å². The molecule has 4 rings (SSSR count). The Bertz CT molecular complexity index is 1110. The summed E-state index contributed by atoms with van der Waals surface area (Å²) in [6.45, 7) is 5.68. The molecule has 1 fully saturated rings. The molecular weight excluding hydrogens is 374 g/mol. The minimum Gasteiger partial charge on any atom is -0.355 e. The van der Waals surface area contributed by atoms with E-state index in [1.807, 2.05) is 56.3 Å². The van der Waals surface area contributed by atoms with Gasteiger partial charge in [-0.1, -0.05) is 18.2 Å². The number of benzene rings is 2. The first-order valence-electron chi connectivity index (χ1n) is 10.4. The normalized spacial score (nSPS) is 14.9. The van der Waals surface area contributed by atoms with Gasteiger partial charge in [-0.05, 0) is 68.5 Å². The molecule has 0 unspecified atom stereocenters. The molecular formula is C24H25N5O. The van der Waals surface area contributed by atoms with Crippen molar-refractivity contribution in [2.75, 3.05) is 23.3 Å². The zero-order valence-corrected chi connectivity index (χ0v) is 17.4. The average molecular weight is 399 g/mol. The molecule has 30 heavy (non-hydrogen) atoms. The van der Waals surface area contributed by atoms with Gasteiger partial charge in [0.1, 0.15) is 5.69 Å². The van der Waals surface area contributed by atoms with Gasteiger partial charge in [-0.2, -0.15) is 5.26 Å². The number of hydrogen-bond donors (Lipinski definition) is 1. The van der Waals surface area contributed by atoms with Crippen molar-refractivity contribution in [1.29, 1.82) is 5.26 Å². The van der Waals surface area contributed by atoms with Crippen LogP contribution in [0.1, 0.15) is 42.0 Å². The third-order valence-electron chi connectivity index (χ3n) is 5.39. The zero-order chi connectivity index (χ0) is 21.1. The van der Waals surface area contributed by atoms with E-state index in [4.69, 9.17) is 9.97 Å². The standard InChI is InChI=1S/C24H25N5O/c1-16-12-17(2)14-18(13-16)26-24(30)19(15-25)22-23(29-10-6-3-7-11-29)28-21-9-5-4-8-20(21)27-22/h4-5,8-9,12-14,19H,3,6-7,10-11H2,1-2H3,(H,26,30)/t19-/m1/s1. The molecule has 152 valence electrons. The molecule has 2 aromatic carbocycles. The molecule has 6 nitrogen and oxygen atoms in total. The molecule has 1 aromatic heterocycles. The number of carbonyl (C=O) groups excluding carboxylic acids is 1. The molecule has 1 atom stereocenters. The number of aryl methyl sites for hydroxylation is 2. The first-order valence-corrected chi connectivity index (χ1v) is 10.4. The lowest BCUT2D eigenvalue weighted by Gasteiger charge is -2.29. The molecule has 0 bridgehead atoms. The number of rotatable bonds is 4. The molecule has 0 spiro atoms. The Balaban J connectivity index is 1.74. The summed E-state index contributed by atoms with van der Waals surface area (Å²) in [5, 5.41) is 12.8. The molecule has 1 aliphatic heterocycles. The number of nitriles is 1. The number of aromatic nitrogens is 2. The van der Waals surface area contributed by atoms with E-state index in [0.717, 1.165) is 42.6 Å². The summed E-state index contributed by atoms with van der Waals surface area (Å²) >= 11 is 0. The number of anilines is 2. The van der Waals surface area contributed by atoms with Gasteiger partial charge in [-0.25, -0.2) is 9.97 Å². The SMILES string of the molecule is Cc1cc(C)cc(NC(=O)[C@H](C#N)c2nc3ccccc3nc2N2CCCCC2)c1. The fourth-order valence-corrected chi connectivity index (χ4v) is 4.04. The van der Waals surface area contributed by atoms with Gasteiger partial charge in [0.2, 0.25) is 5.91 Å². The van der Waals surface area contributed by atoms with Gasteiger partial charge in [0, 0.05) is 18.8 Å². The monoisotopic (exact) mass is 399 g/mol. The van der Waals surface area contributed by atoms with Gasteiger partial charge in [0.25, 0.3) is 0 Å². The number of hydrogen-bond acceptors (Lipinski definition) is 5. The third-order valence-corrected chi connectivity index (χ3v) is 5.39. The highest BCUT2D eigenvalue weighted by atomic mass is 16.1. The molecule has 0 aliphatic carbocycles. The number of carbonyl (C=O) groups is 1. The topological polar surface area (TPSA) is 81.9 Å². The van der Waals surface area contributed by atoms with Crippen LogP contribution in [0, 0.1) is 25.2 Å². The van der Waals surface area contributed by atoms with Crippen LogP contribution in [-0.4, -0.2) is 29.0 Å². The fourth-order valence-electron chi connectivity index (χ4n) is 4.04. The lowest BCUT2D eigenvalue weighted by atomic mass is 10.0. The molecule has 1 saturated heterocycles. The summed E-state index contributed by atoms with van der Waals surface area (Å²) in [4.78, 5) is 24.8. The highest BCUT2D eigenvalue weighted by Gasteiger charge is 2.29. The maximum Gasteiger partial charge on any atom is 0.248 e. The van der Waals surface area contributed by atoms with Crippen molar-refractivity contribution in [3.8, 4) is 6.07 Å². The number of para-hydroxylation sites is 2. The second kappa shape index (κ2) is 8.50. The number of piperidine rings is 1. The molecule has 1 aliphatic rings. The lowest BCUT2D eigenvalue weighted by Crippen LogP contribution is -2.33. The van der Waals surface area contributed by atoms with Gasteiger partial charge in [-0.15, -0.1) is 0 Å². The quantitative estimate of drug-likeness (QED) is 0.699. The Morgan fingerprint density at radius 3 is 2.30 bits per heavy atom. The zero-order valence-electron chi connectivity index (χ0n) is 17.4. The van der Waals surface area contributed by atoms with Gasteiger partial charge in [0.15, 0.2) is 11.7 Å². The third kappa shape index (κ3) is 4.11. The molecule has 1 amide bonds. The molecule has 2 heterocycles. The summed E-state index contributed by atoms with van der Waals surface area (Å²) < 4.78 is 0. The Morgan fingerprint density at radius 1 is 1.03 bits per heavy atom. The molecule has 6 heteroatoms. The second-order valence-electron chi connectivity index (χ2n) is 7.90. The maximum atomic E-state index is 13.1. The van der Waals surface area contributed by atoms with Crippen LogP contribution in [0.15, 0.2) is 42.5 Å². The Hall–Kier alpha value is -3.46. The Labute approximate surface area is 176 Å². The molecule has 1 N–H and O–H groups in total. The van der Waals surface area contributed by atoms with E-state index in [2.05, 4.69) is 16.3 Å². The first-order chi connectivity index (χ1) is 14.5. The van der Waals surface area contributed by atoms with Gasteiger partial charge < -0.3 is 10.2 Å². The van der Waals surface area contributed by atoms with Gasteiger partial charge in [0.05, 0.1) is 17.1 Å². The van der Waals surface area contributed by atoms with Gasteiger partial charge in [-0.3, -0.25) is 4.79 Å². The molecule has 3 aromatic rings. The van der Waals surface area contributed by atoms with E-state index < -0.39 is 5.92 Å². The second-order valence-corrected chi connectivity index (χ2v) is 7.90. The highest BCUT2D eigenvalue weighted by molar-refractivity contribution is 5.98. The van der Waals surface area contributed by atoms with E-state index in [1.54, 1.807) is 0 Å². The summed E-state index contributed by atoms with van der Waals surface area (Å²) in [5.74, 6) is -0.777. The van der Waals surface area contributed by atoms with E-state index in [0.29, 0.717) is 22.7 Å². The number of nitrogens with one attached hydrogen (secondary N) is 1. The van der Waals surface area contributed by atoms with Crippen molar-refractivity contribution in [3.05, 3.63) is 59.3 Å². The number of fused-ring (bicyclic) bond motifs is 1. The predicted molar refractivity (Wildman–Crippen MR) is 119 cm³/mol. The van der Waals surface area contributed by atoms with Gasteiger partial charge >= 0.3 is 0 Å². The van der Waals surface area contributed by atoms with Crippen LogP contribution in [0.2, 0.25) is 0 Å². The van der Waals surface area contributed by atoms with E-state index in [-0.39, 0.29) is 5.91 Å². The fraction of sp³-hybridized carbons (Fsp3) is 0.333. The van der Waals surface area contributed by atoms with Crippen LogP contribution in [0.3, 0.4) is 0 Å². The Kier molecular flexibility index (Phi) is 5.62. The van der Waals surface area contributed by atoms with E-state index in [1.165, 1.54) is 6.42 Å². The van der Waals surface area contributed by atoms with E-state index in [9.17, 15) is 10.1 Å². The van der Waals surface area contributed by atoms with E-state index >= 15 is 0 Å². The van der Waals surface area contributed by atoms with Crippen molar-refractivity contribution in [2.45, 2.75) is 39.0 Å². The minimum atomic E-state index is -1.04. The Morgan fingerprint density at radius 2 is 1.67 bits per heavy atom. The summed E-state index contributed by atoms with van der Waals surface area (Å²) in [6.07, 6.45) is 3.32. The number of nitrogens with zero attached hydrogens (tertiary/aromatic N) is 4. The summed E-state index contributed by atoms with van der Waals surface area (Å²) in [7, 11) is 0. The van der Waals surface area contributed by atoms with Crippen LogP contribution < -0.4 is 10.2 Å². The summed E-state index contributed by atoms with van der Waals surface area (Å²) in [6, 6.07) is 15.6.